The standard InChI is InChI=1S/C12H9N7O3S2/c1-18-12(15-16-17-18)24-9-3-2-7(19(21)22)6-8(9)10(20)14-11-13-4-5-23-11/h2-6H,1H3,(H,13,14,20). The topological polar surface area (TPSA) is 129 Å². The van der Waals surface area contributed by atoms with Crippen molar-refractivity contribution in [1.82, 2.24) is 25.2 Å². The van der Waals surface area contributed by atoms with E-state index in [-0.39, 0.29) is 11.3 Å². The first kappa shape index (κ1) is 16.0. The Hall–Kier alpha value is -2.86. The molecule has 1 amide bonds. The Morgan fingerprint density at radius 1 is 1.46 bits per heavy atom. The summed E-state index contributed by atoms with van der Waals surface area (Å²) in [6.07, 6.45) is 1.55. The molecule has 0 saturated carbocycles. The predicted molar refractivity (Wildman–Crippen MR) is 86.1 cm³/mol. The zero-order valence-electron chi connectivity index (χ0n) is 12.1. The lowest BCUT2D eigenvalue weighted by atomic mass is 10.2. The summed E-state index contributed by atoms with van der Waals surface area (Å²) in [5.41, 5.74) is -0.0351. The number of carbonyl (C=O) groups is 1. The molecule has 1 aromatic carbocycles. The molecular formula is C12H9N7O3S2. The van der Waals surface area contributed by atoms with Gasteiger partial charge in [-0.3, -0.25) is 20.2 Å². The quantitative estimate of drug-likeness (QED) is 0.538. The fourth-order valence-electron chi connectivity index (χ4n) is 1.75. The molecule has 0 bridgehead atoms. The Labute approximate surface area is 143 Å². The number of benzene rings is 1. The molecule has 0 fully saturated rings. The summed E-state index contributed by atoms with van der Waals surface area (Å²) in [7, 11) is 1.66. The molecule has 0 radical (unpaired) electrons. The van der Waals surface area contributed by atoms with Crippen molar-refractivity contribution in [2.24, 2.45) is 7.05 Å². The maximum Gasteiger partial charge on any atom is 0.270 e. The maximum absolute atomic E-state index is 12.5. The number of nitrogens with one attached hydrogen (secondary N) is 1. The van der Waals surface area contributed by atoms with Gasteiger partial charge in [0.25, 0.3) is 11.6 Å². The number of carbonyl (C=O) groups excluding carboxylic acids is 1. The first-order chi connectivity index (χ1) is 11.5. The molecule has 0 aliphatic rings. The van der Waals surface area contributed by atoms with Crippen molar-refractivity contribution in [2.75, 3.05) is 5.32 Å². The van der Waals surface area contributed by atoms with Gasteiger partial charge in [-0.15, -0.1) is 16.4 Å². The molecule has 3 rings (SSSR count). The number of hydrogen-bond donors (Lipinski definition) is 1. The largest absolute Gasteiger partial charge is 0.298 e. The van der Waals surface area contributed by atoms with Crippen LogP contribution in [0.2, 0.25) is 0 Å². The fourth-order valence-corrected chi connectivity index (χ4v) is 3.12. The van der Waals surface area contributed by atoms with E-state index in [1.807, 2.05) is 0 Å². The van der Waals surface area contributed by atoms with Crippen molar-refractivity contribution < 1.29 is 9.72 Å². The molecule has 3 aromatic rings. The van der Waals surface area contributed by atoms with E-state index >= 15 is 0 Å². The van der Waals surface area contributed by atoms with Gasteiger partial charge >= 0.3 is 0 Å². The molecule has 12 heteroatoms. The number of non-ortho nitro benzene ring substituents is 1. The predicted octanol–water partition coefficient (Wildman–Crippen LogP) is 1.98. The van der Waals surface area contributed by atoms with Crippen LogP contribution in [-0.4, -0.2) is 36.0 Å². The summed E-state index contributed by atoms with van der Waals surface area (Å²) in [5, 5.41) is 27.2. The van der Waals surface area contributed by atoms with E-state index in [9.17, 15) is 14.9 Å². The number of rotatable bonds is 5. The van der Waals surface area contributed by atoms with E-state index in [0.717, 1.165) is 11.8 Å². The van der Waals surface area contributed by atoms with Crippen LogP contribution in [0.15, 0.2) is 39.8 Å². The van der Waals surface area contributed by atoms with Crippen molar-refractivity contribution in [3.63, 3.8) is 0 Å². The highest BCUT2D eigenvalue weighted by Gasteiger charge is 2.20. The number of amides is 1. The van der Waals surface area contributed by atoms with E-state index in [1.54, 1.807) is 18.6 Å². The highest BCUT2D eigenvalue weighted by molar-refractivity contribution is 7.99. The maximum atomic E-state index is 12.5. The van der Waals surface area contributed by atoms with Crippen LogP contribution in [0.1, 0.15) is 10.4 Å². The number of nitrogens with zero attached hydrogens (tertiary/aromatic N) is 6. The molecule has 2 heterocycles. The number of aryl methyl sites for hydroxylation is 1. The summed E-state index contributed by atoms with van der Waals surface area (Å²) in [4.78, 5) is 27.4. The lowest BCUT2D eigenvalue weighted by Crippen LogP contribution is -2.13. The van der Waals surface area contributed by atoms with Crippen LogP contribution < -0.4 is 5.32 Å². The smallest absolute Gasteiger partial charge is 0.270 e. The van der Waals surface area contributed by atoms with Gasteiger partial charge in [0, 0.05) is 35.7 Å². The Balaban J connectivity index is 1.96. The molecule has 0 saturated heterocycles. The first-order valence-corrected chi connectivity index (χ1v) is 8.13. The Morgan fingerprint density at radius 3 is 2.92 bits per heavy atom. The molecule has 0 spiro atoms. The Morgan fingerprint density at radius 2 is 2.29 bits per heavy atom. The van der Waals surface area contributed by atoms with Crippen LogP contribution in [0.4, 0.5) is 10.8 Å². The van der Waals surface area contributed by atoms with Gasteiger partial charge in [0.15, 0.2) is 5.13 Å². The molecule has 0 unspecified atom stereocenters. The second-order valence-electron chi connectivity index (χ2n) is 4.42. The van der Waals surface area contributed by atoms with Crippen LogP contribution >= 0.6 is 23.1 Å². The highest BCUT2D eigenvalue weighted by Crippen LogP contribution is 2.31. The molecule has 0 atom stereocenters. The van der Waals surface area contributed by atoms with Gasteiger partial charge in [-0.1, -0.05) is 0 Å². The molecule has 122 valence electrons. The van der Waals surface area contributed by atoms with Crippen LogP contribution in [0.3, 0.4) is 0 Å². The second-order valence-corrected chi connectivity index (χ2v) is 6.32. The lowest BCUT2D eigenvalue weighted by Gasteiger charge is -2.08. The SMILES string of the molecule is Cn1nnnc1Sc1ccc([N+](=O)[O-])cc1C(=O)Nc1nccs1. The third-order valence-corrected chi connectivity index (χ3v) is 4.65. The lowest BCUT2D eigenvalue weighted by molar-refractivity contribution is -0.384. The van der Waals surface area contributed by atoms with Gasteiger partial charge in [0.1, 0.15) is 0 Å². The summed E-state index contributed by atoms with van der Waals surface area (Å²) in [5.74, 6) is -0.494. The van der Waals surface area contributed by atoms with E-state index in [2.05, 4.69) is 25.8 Å². The van der Waals surface area contributed by atoms with Crippen molar-refractivity contribution in [3.8, 4) is 0 Å². The summed E-state index contributed by atoms with van der Waals surface area (Å²) in [6.45, 7) is 0. The zero-order valence-corrected chi connectivity index (χ0v) is 13.7. The van der Waals surface area contributed by atoms with E-state index in [4.69, 9.17) is 0 Å². The minimum atomic E-state index is -0.557. The number of nitro groups is 1. The van der Waals surface area contributed by atoms with Crippen LogP contribution in [0.25, 0.3) is 0 Å². The normalized spacial score (nSPS) is 10.5. The van der Waals surface area contributed by atoms with Gasteiger partial charge < -0.3 is 0 Å². The molecular weight excluding hydrogens is 354 g/mol. The molecule has 1 N–H and O–H groups in total. The van der Waals surface area contributed by atoms with Gasteiger partial charge in [0.05, 0.1) is 10.5 Å². The average Bonchev–Trinajstić information content (AvgIpc) is 3.20. The number of tetrazole rings is 1. The van der Waals surface area contributed by atoms with Crippen LogP contribution in [0.5, 0.6) is 0 Å². The van der Waals surface area contributed by atoms with Gasteiger partial charge in [-0.05, 0) is 28.3 Å². The van der Waals surface area contributed by atoms with Crippen molar-refractivity contribution in [1.29, 1.82) is 0 Å². The zero-order chi connectivity index (χ0) is 17.1. The molecule has 10 nitrogen and oxygen atoms in total. The van der Waals surface area contributed by atoms with Gasteiger partial charge in [0.2, 0.25) is 5.16 Å². The first-order valence-electron chi connectivity index (χ1n) is 6.44. The number of thiazole rings is 1. The minimum Gasteiger partial charge on any atom is -0.298 e. The summed E-state index contributed by atoms with van der Waals surface area (Å²) < 4.78 is 1.44. The molecule has 24 heavy (non-hydrogen) atoms. The third kappa shape index (κ3) is 3.38. The minimum absolute atomic E-state index is 0.146. The highest BCUT2D eigenvalue weighted by atomic mass is 32.2. The Bertz CT molecular complexity index is 894. The van der Waals surface area contributed by atoms with Crippen LogP contribution in [0, 0.1) is 10.1 Å². The summed E-state index contributed by atoms with van der Waals surface area (Å²) >= 11 is 2.39. The molecule has 2 aromatic heterocycles. The number of anilines is 1. The molecule has 0 aliphatic heterocycles. The second kappa shape index (κ2) is 6.72. The van der Waals surface area contributed by atoms with E-state index < -0.39 is 10.8 Å². The summed E-state index contributed by atoms with van der Waals surface area (Å²) in [6, 6.07) is 4.04. The van der Waals surface area contributed by atoms with E-state index in [0.29, 0.717) is 15.2 Å². The number of aromatic nitrogens is 5. The van der Waals surface area contributed by atoms with Gasteiger partial charge in [-0.2, -0.15) is 0 Å². The van der Waals surface area contributed by atoms with Crippen molar-refractivity contribution >= 4 is 39.8 Å². The molecule has 0 aliphatic carbocycles. The van der Waals surface area contributed by atoms with Gasteiger partial charge in [-0.25, -0.2) is 9.67 Å². The monoisotopic (exact) mass is 363 g/mol. The van der Waals surface area contributed by atoms with Crippen molar-refractivity contribution in [2.45, 2.75) is 10.1 Å². The number of hydrogen-bond acceptors (Lipinski definition) is 9. The van der Waals surface area contributed by atoms with E-state index in [1.165, 1.54) is 34.2 Å². The average molecular weight is 363 g/mol. The fraction of sp³-hybridized carbons (Fsp3) is 0.0833. The number of nitro benzene ring substituents is 1. The third-order valence-electron chi connectivity index (χ3n) is 2.85. The Kier molecular flexibility index (Phi) is 4.48. The van der Waals surface area contributed by atoms with Crippen LogP contribution in [-0.2, 0) is 7.05 Å². The van der Waals surface area contributed by atoms with Crippen molar-refractivity contribution in [3.05, 3.63) is 45.5 Å².